The molecule has 3 rings (SSSR count). The topological polar surface area (TPSA) is 91.8 Å². The second-order valence-corrected chi connectivity index (χ2v) is 6.07. The standard InChI is InChI=1S/C20H22N6O/c1-14-6-8-16(9-7-14)20(27)23-12-11-22-18-13-19(25-15(2)24-18)26-17-5-3-4-10-21-17/h3-10,13H,11-12H2,1-2H3,(H,23,27)(H2,21,22,24,25,26). The predicted molar refractivity (Wildman–Crippen MR) is 106 cm³/mol. The average molecular weight is 362 g/mol. The maximum atomic E-state index is 12.1. The van der Waals surface area contributed by atoms with Gasteiger partial charge in [0.15, 0.2) is 0 Å². The van der Waals surface area contributed by atoms with Crippen LogP contribution in [0.25, 0.3) is 0 Å². The van der Waals surface area contributed by atoms with Crippen LogP contribution < -0.4 is 16.0 Å². The van der Waals surface area contributed by atoms with E-state index >= 15 is 0 Å². The Bertz CT molecular complexity index is 896. The Kier molecular flexibility index (Phi) is 5.94. The minimum atomic E-state index is -0.0897. The lowest BCUT2D eigenvalue weighted by Gasteiger charge is -2.10. The summed E-state index contributed by atoms with van der Waals surface area (Å²) in [6.45, 7) is 4.86. The number of pyridine rings is 1. The van der Waals surface area contributed by atoms with E-state index in [1.54, 1.807) is 6.20 Å². The van der Waals surface area contributed by atoms with Crippen LogP contribution in [0.2, 0.25) is 0 Å². The van der Waals surface area contributed by atoms with Gasteiger partial charge in [0.25, 0.3) is 5.91 Å². The number of hydrogen-bond acceptors (Lipinski definition) is 6. The molecule has 3 N–H and O–H groups in total. The molecule has 0 aliphatic heterocycles. The maximum Gasteiger partial charge on any atom is 0.251 e. The fourth-order valence-electron chi connectivity index (χ4n) is 2.46. The highest BCUT2D eigenvalue weighted by atomic mass is 16.1. The molecule has 0 unspecified atom stereocenters. The van der Waals surface area contributed by atoms with Gasteiger partial charge in [0.1, 0.15) is 23.3 Å². The van der Waals surface area contributed by atoms with E-state index in [2.05, 4.69) is 30.9 Å². The lowest BCUT2D eigenvalue weighted by Crippen LogP contribution is -2.28. The minimum absolute atomic E-state index is 0.0897. The second kappa shape index (κ2) is 8.75. The van der Waals surface area contributed by atoms with Crippen LogP contribution in [-0.4, -0.2) is 33.9 Å². The fourth-order valence-corrected chi connectivity index (χ4v) is 2.46. The highest BCUT2D eigenvalue weighted by molar-refractivity contribution is 5.94. The SMILES string of the molecule is Cc1ccc(C(=O)NCCNc2cc(Nc3ccccn3)nc(C)n2)cc1. The molecule has 1 aromatic carbocycles. The second-order valence-electron chi connectivity index (χ2n) is 6.07. The highest BCUT2D eigenvalue weighted by Crippen LogP contribution is 2.15. The summed E-state index contributed by atoms with van der Waals surface area (Å²) in [6, 6.07) is 14.9. The molecule has 0 radical (unpaired) electrons. The Morgan fingerprint density at radius 1 is 0.926 bits per heavy atom. The van der Waals surface area contributed by atoms with Gasteiger partial charge in [-0.2, -0.15) is 0 Å². The Balaban J connectivity index is 1.52. The summed E-state index contributed by atoms with van der Waals surface area (Å²) in [4.78, 5) is 25.0. The molecule has 7 nitrogen and oxygen atoms in total. The number of benzene rings is 1. The summed E-state index contributed by atoms with van der Waals surface area (Å²) in [5.74, 6) is 2.61. The normalized spacial score (nSPS) is 10.3. The average Bonchev–Trinajstić information content (AvgIpc) is 2.66. The molecule has 2 heterocycles. The van der Waals surface area contributed by atoms with E-state index in [0.717, 1.165) is 5.56 Å². The van der Waals surface area contributed by atoms with Crippen LogP contribution in [-0.2, 0) is 0 Å². The zero-order valence-electron chi connectivity index (χ0n) is 15.4. The number of hydrogen-bond donors (Lipinski definition) is 3. The molecule has 27 heavy (non-hydrogen) atoms. The molecule has 0 spiro atoms. The van der Waals surface area contributed by atoms with E-state index in [4.69, 9.17) is 0 Å². The molecule has 0 saturated carbocycles. The highest BCUT2D eigenvalue weighted by Gasteiger charge is 2.05. The van der Waals surface area contributed by atoms with Crippen LogP contribution in [0, 0.1) is 13.8 Å². The summed E-state index contributed by atoms with van der Waals surface area (Å²) in [5.41, 5.74) is 1.78. The summed E-state index contributed by atoms with van der Waals surface area (Å²) >= 11 is 0. The molecule has 0 atom stereocenters. The van der Waals surface area contributed by atoms with Crippen molar-refractivity contribution in [3.8, 4) is 0 Å². The third-order valence-electron chi connectivity index (χ3n) is 3.79. The number of aromatic nitrogens is 3. The first kappa shape index (κ1) is 18.3. The van der Waals surface area contributed by atoms with Gasteiger partial charge in [-0.3, -0.25) is 4.79 Å². The fraction of sp³-hybridized carbons (Fsp3) is 0.200. The summed E-state index contributed by atoms with van der Waals surface area (Å²) < 4.78 is 0. The lowest BCUT2D eigenvalue weighted by molar-refractivity contribution is 0.0955. The van der Waals surface area contributed by atoms with Crippen LogP contribution in [0.5, 0.6) is 0 Å². The van der Waals surface area contributed by atoms with Crippen molar-refractivity contribution in [1.29, 1.82) is 0 Å². The molecule has 2 aromatic heterocycles. The first-order valence-corrected chi connectivity index (χ1v) is 8.72. The van der Waals surface area contributed by atoms with E-state index in [9.17, 15) is 4.79 Å². The molecule has 0 aliphatic rings. The number of rotatable bonds is 7. The molecule has 1 amide bonds. The van der Waals surface area contributed by atoms with Crippen molar-refractivity contribution in [1.82, 2.24) is 20.3 Å². The summed E-state index contributed by atoms with van der Waals surface area (Å²) in [7, 11) is 0. The van der Waals surface area contributed by atoms with E-state index in [0.29, 0.717) is 41.9 Å². The lowest BCUT2D eigenvalue weighted by atomic mass is 10.1. The van der Waals surface area contributed by atoms with Crippen molar-refractivity contribution in [2.24, 2.45) is 0 Å². The van der Waals surface area contributed by atoms with E-state index in [1.165, 1.54) is 0 Å². The molecule has 138 valence electrons. The van der Waals surface area contributed by atoms with Gasteiger partial charge >= 0.3 is 0 Å². The zero-order valence-corrected chi connectivity index (χ0v) is 15.4. The Labute approximate surface area is 158 Å². The quantitative estimate of drug-likeness (QED) is 0.560. The number of carbonyl (C=O) groups excluding carboxylic acids is 1. The van der Waals surface area contributed by atoms with Gasteiger partial charge in [0.05, 0.1) is 0 Å². The molecule has 0 aliphatic carbocycles. The van der Waals surface area contributed by atoms with Gasteiger partial charge < -0.3 is 16.0 Å². The van der Waals surface area contributed by atoms with E-state index < -0.39 is 0 Å². The monoisotopic (exact) mass is 362 g/mol. The van der Waals surface area contributed by atoms with Crippen LogP contribution in [0.4, 0.5) is 17.5 Å². The van der Waals surface area contributed by atoms with Gasteiger partial charge in [-0.05, 0) is 38.1 Å². The van der Waals surface area contributed by atoms with Crippen molar-refractivity contribution in [3.05, 3.63) is 71.7 Å². The maximum absolute atomic E-state index is 12.1. The Morgan fingerprint density at radius 2 is 1.70 bits per heavy atom. The largest absolute Gasteiger partial charge is 0.368 e. The molecule has 0 fully saturated rings. The Morgan fingerprint density at radius 3 is 2.44 bits per heavy atom. The summed E-state index contributed by atoms with van der Waals surface area (Å²) in [5, 5.41) is 9.24. The molecular weight excluding hydrogens is 340 g/mol. The van der Waals surface area contributed by atoms with Crippen molar-refractivity contribution in [2.75, 3.05) is 23.7 Å². The summed E-state index contributed by atoms with van der Waals surface area (Å²) in [6.07, 6.45) is 1.71. The first-order valence-electron chi connectivity index (χ1n) is 8.72. The van der Waals surface area contributed by atoms with Crippen molar-refractivity contribution in [2.45, 2.75) is 13.8 Å². The molecular formula is C20H22N6O. The van der Waals surface area contributed by atoms with E-state index in [1.807, 2.05) is 62.4 Å². The van der Waals surface area contributed by atoms with Crippen molar-refractivity contribution >= 4 is 23.4 Å². The zero-order chi connectivity index (χ0) is 19.1. The number of aryl methyl sites for hydroxylation is 2. The smallest absolute Gasteiger partial charge is 0.251 e. The van der Waals surface area contributed by atoms with Crippen LogP contribution >= 0.6 is 0 Å². The van der Waals surface area contributed by atoms with Gasteiger partial charge in [-0.15, -0.1) is 0 Å². The van der Waals surface area contributed by atoms with E-state index in [-0.39, 0.29) is 5.91 Å². The molecule has 0 bridgehead atoms. The van der Waals surface area contributed by atoms with Crippen LogP contribution in [0.15, 0.2) is 54.7 Å². The van der Waals surface area contributed by atoms with Gasteiger partial charge in [0, 0.05) is 30.9 Å². The number of anilines is 3. The molecule has 7 heteroatoms. The number of nitrogens with one attached hydrogen (secondary N) is 3. The van der Waals surface area contributed by atoms with Gasteiger partial charge in [-0.1, -0.05) is 23.8 Å². The third kappa shape index (κ3) is 5.50. The van der Waals surface area contributed by atoms with Crippen LogP contribution in [0.1, 0.15) is 21.7 Å². The number of nitrogens with zero attached hydrogens (tertiary/aromatic N) is 3. The predicted octanol–water partition coefficient (Wildman–Crippen LogP) is 3.07. The van der Waals surface area contributed by atoms with Gasteiger partial charge in [-0.25, -0.2) is 15.0 Å². The minimum Gasteiger partial charge on any atom is -0.368 e. The Hall–Kier alpha value is -3.48. The van der Waals surface area contributed by atoms with Crippen molar-refractivity contribution < 1.29 is 4.79 Å². The third-order valence-corrected chi connectivity index (χ3v) is 3.79. The number of carbonyl (C=O) groups is 1. The van der Waals surface area contributed by atoms with Crippen LogP contribution in [0.3, 0.4) is 0 Å². The van der Waals surface area contributed by atoms with Gasteiger partial charge in [0.2, 0.25) is 0 Å². The first-order chi connectivity index (χ1) is 13.1. The molecule has 3 aromatic rings. The van der Waals surface area contributed by atoms with Crippen molar-refractivity contribution in [3.63, 3.8) is 0 Å². The number of amides is 1. The molecule has 0 saturated heterocycles.